The summed E-state index contributed by atoms with van der Waals surface area (Å²) < 4.78 is 23.7. The normalized spacial score (nSPS) is 11.4. The summed E-state index contributed by atoms with van der Waals surface area (Å²) in [4.78, 5) is 36.0. The molecule has 0 N–H and O–H groups in total. The van der Waals surface area contributed by atoms with Gasteiger partial charge >= 0.3 is 11.9 Å². The Morgan fingerprint density at radius 1 is 0.400 bits per heavy atom. The van der Waals surface area contributed by atoms with Gasteiger partial charge in [-0.15, -0.1) is 0 Å². The van der Waals surface area contributed by atoms with Crippen LogP contribution in [-0.2, 0) is 6.42 Å². The highest BCUT2D eigenvalue weighted by Crippen LogP contribution is 2.29. The van der Waals surface area contributed by atoms with Crippen molar-refractivity contribution in [2.75, 3.05) is 13.2 Å². The molecule has 374 valence electrons. The zero-order valence-electron chi connectivity index (χ0n) is 42.6. The van der Waals surface area contributed by atoms with Crippen molar-refractivity contribution in [1.29, 1.82) is 0 Å². The van der Waals surface area contributed by atoms with E-state index in [0.717, 1.165) is 86.3 Å². The van der Waals surface area contributed by atoms with E-state index in [4.69, 9.17) is 18.9 Å². The van der Waals surface area contributed by atoms with Crippen LogP contribution >= 0.6 is 0 Å². The fourth-order valence-corrected chi connectivity index (χ4v) is 8.14. The fraction of sp³-hybridized carbons (Fsp3) is 0.452. The van der Waals surface area contributed by atoms with Crippen LogP contribution in [0, 0.1) is 0 Å². The molecule has 5 aromatic carbocycles. The van der Waals surface area contributed by atoms with Gasteiger partial charge in [0, 0.05) is 18.5 Å². The Morgan fingerprint density at radius 2 is 0.771 bits per heavy atom. The molecule has 0 spiro atoms. The van der Waals surface area contributed by atoms with Crippen molar-refractivity contribution in [3.05, 3.63) is 143 Å². The number of carbonyl (C=O) groups excluding carboxylic acids is 2. The number of aryl methyl sites for hydroxylation is 1. The largest absolute Gasteiger partial charge is 0.494 e. The van der Waals surface area contributed by atoms with E-state index in [1.54, 1.807) is 73.1 Å². The first-order chi connectivity index (χ1) is 34.4. The van der Waals surface area contributed by atoms with E-state index in [2.05, 4.69) is 30.8 Å². The molecule has 0 aromatic heterocycles. The smallest absolute Gasteiger partial charge is 0.343 e. The molecule has 70 heavy (non-hydrogen) atoms. The van der Waals surface area contributed by atoms with Crippen molar-refractivity contribution >= 4 is 35.7 Å². The monoisotopic (exact) mass is 949 g/mol. The standard InChI is InChI=1S/C62H80N2O6/c1-4-7-10-13-15-17-19-21-24-45-67-57-40-27-50(28-41-57)48-63-55-36-31-53(32-37-55)61(65)69-59-44-35-52(26-23-12-9-6-3)60(47-59)70-62(66)54-33-38-56(39-34-54)64-49-51-29-42-58(43-30-51)68-46-25-22-20-18-16-14-11-8-5-2/h27-44,47-49H,4-26,45-46H2,1-3H3. The van der Waals surface area contributed by atoms with Crippen molar-refractivity contribution in [2.45, 2.75) is 168 Å². The van der Waals surface area contributed by atoms with Gasteiger partial charge in [0.1, 0.15) is 23.0 Å². The van der Waals surface area contributed by atoms with Gasteiger partial charge in [-0.2, -0.15) is 0 Å². The van der Waals surface area contributed by atoms with Gasteiger partial charge in [0.25, 0.3) is 0 Å². The Kier molecular flexibility index (Phi) is 26.3. The molecule has 0 atom stereocenters. The second-order valence-corrected chi connectivity index (χ2v) is 18.5. The number of benzene rings is 5. The topological polar surface area (TPSA) is 95.8 Å². The lowest BCUT2D eigenvalue weighted by Crippen LogP contribution is -2.11. The number of hydrogen-bond acceptors (Lipinski definition) is 8. The number of nitrogens with zero attached hydrogens (tertiary/aromatic N) is 2. The van der Waals surface area contributed by atoms with Crippen LogP contribution in [0.25, 0.3) is 0 Å². The van der Waals surface area contributed by atoms with Crippen LogP contribution in [0.15, 0.2) is 125 Å². The summed E-state index contributed by atoms with van der Waals surface area (Å²) in [6.45, 7) is 8.16. The minimum absolute atomic E-state index is 0.288. The molecule has 0 fully saturated rings. The number of hydrogen-bond donors (Lipinski definition) is 0. The van der Waals surface area contributed by atoms with Crippen LogP contribution in [0.5, 0.6) is 23.0 Å². The van der Waals surface area contributed by atoms with Crippen LogP contribution in [0.2, 0.25) is 0 Å². The van der Waals surface area contributed by atoms with Crippen LogP contribution in [0.1, 0.15) is 199 Å². The third-order valence-electron chi connectivity index (χ3n) is 12.5. The Bertz CT molecular complexity index is 2270. The molecule has 0 aliphatic heterocycles. The average molecular weight is 949 g/mol. The van der Waals surface area contributed by atoms with E-state index in [9.17, 15) is 9.59 Å². The summed E-state index contributed by atoms with van der Waals surface area (Å²) in [6, 6.07) is 35.1. The second-order valence-electron chi connectivity index (χ2n) is 18.5. The van der Waals surface area contributed by atoms with E-state index in [1.165, 1.54) is 103 Å². The van der Waals surface area contributed by atoms with Crippen molar-refractivity contribution < 1.29 is 28.5 Å². The molecule has 0 amide bonds. The molecule has 8 heteroatoms. The van der Waals surface area contributed by atoms with Crippen molar-refractivity contribution in [2.24, 2.45) is 9.98 Å². The molecule has 0 aliphatic rings. The summed E-state index contributed by atoms with van der Waals surface area (Å²) in [5.74, 6) is 1.36. The Labute approximate surface area is 420 Å². The summed E-state index contributed by atoms with van der Waals surface area (Å²) in [7, 11) is 0. The highest BCUT2D eigenvalue weighted by atomic mass is 16.5. The molecule has 0 heterocycles. The van der Waals surface area contributed by atoms with Gasteiger partial charge in [-0.05, 0) is 146 Å². The average Bonchev–Trinajstić information content (AvgIpc) is 3.39. The number of unbranched alkanes of at least 4 members (excludes halogenated alkanes) is 19. The molecule has 5 aromatic rings. The first-order valence-electron chi connectivity index (χ1n) is 26.7. The highest BCUT2D eigenvalue weighted by molar-refractivity contribution is 5.93. The number of rotatable bonds is 35. The first-order valence-corrected chi connectivity index (χ1v) is 26.7. The summed E-state index contributed by atoms with van der Waals surface area (Å²) in [6.07, 6.45) is 31.8. The van der Waals surface area contributed by atoms with E-state index < -0.39 is 11.9 Å². The van der Waals surface area contributed by atoms with Gasteiger partial charge in [0.05, 0.1) is 35.7 Å². The molecule has 0 aliphatic carbocycles. The van der Waals surface area contributed by atoms with Gasteiger partial charge in [0.15, 0.2) is 0 Å². The van der Waals surface area contributed by atoms with Gasteiger partial charge < -0.3 is 18.9 Å². The zero-order chi connectivity index (χ0) is 49.3. The molecule has 0 radical (unpaired) electrons. The minimum atomic E-state index is -0.522. The van der Waals surface area contributed by atoms with Crippen LogP contribution < -0.4 is 18.9 Å². The lowest BCUT2D eigenvalue weighted by Gasteiger charge is -2.13. The quantitative estimate of drug-likeness (QED) is 0.0174. The molecule has 0 saturated heterocycles. The molecule has 8 nitrogen and oxygen atoms in total. The van der Waals surface area contributed by atoms with Crippen molar-refractivity contribution in [3.8, 4) is 23.0 Å². The lowest BCUT2D eigenvalue weighted by molar-refractivity contribution is 0.0731. The summed E-state index contributed by atoms with van der Waals surface area (Å²) in [5, 5.41) is 0. The van der Waals surface area contributed by atoms with Gasteiger partial charge in [-0.1, -0.05) is 149 Å². The summed E-state index contributed by atoms with van der Waals surface area (Å²) >= 11 is 0. The fourth-order valence-electron chi connectivity index (χ4n) is 8.14. The number of esters is 2. The number of carbonyl (C=O) groups is 2. The summed E-state index contributed by atoms with van der Waals surface area (Å²) in [5.41, 5.74) is 4.97. The Hall–Kier alpha value is -6.02. The lowest BCUT2D eigenvalue weighted by atomic mass is 10.0. The molecule has 5 rings (SSSR count). The van der Waals surface area contributed by atoms with Crippen molar-refractivity contribution in [1.82, 2.24) is 0 Å². The molecule has 0 saturated carbocycles. The van der Waals surface area contributed by atoms with E-state index in [1.807, 2.05) is 54.6 Å². The SMILES string of the molecule is CCCCCCCCCCCOc1ccc(C=Nc2ccc(C(=O)Oc3ccc(CCCCCC)c(OC(=O)c4ccc(N=Cc5ccc(OCCCCCCCCCCC)cc5)cc4)c3)cc2)cc1. The molecular formula is C62H80N2O6. The first kappa shape index (κ1) is 54.9. The third kappa shape index (κ3) is 21.7. The molecule has 0 bridgehead atoms. The predicted molar refractivity (Wildman–Crippen MR) is 290 cm³/mol. The minimum Gasteiger partial charge on any atom is -0.494 e. The maximum atomic E-state index is 13.5. The van der Waals surface area contributed by atoms with E-state index in [0.29, 0.717) is 28.3 Å². The van der Waals surface area contributed by atoms with Gasteiger partial charge in [0.2, 0.25) is 0 Å². The van der Waals surface area contributed by atoms with Crippen LogP contribution in [-0.4, -0.2) is 37.6 Å². The van der Waals surface area contributed by atoms with E-state index in [-0.39, 0.29) is 5.75 Å². The number of aliphatic imine (C=N–C) groups is 2. The maximum absolute atomic E-state index is 13.5. The predicted octanol–water partition coefficient (Wildman–Crippen LogP) is 17.6. The van der Waals surface area contributed by atoms with Crippen LogP contribution in [0.4, 0.5) is 11.4 Å². The van der Waals surface area contributed by atoms with Crippen molar-refractivity contribution in [3.63, 3.8) is 0 Å². The molecular weight excluding hydrogens is 869 g/mol. The number of ether oxygens (including phenoxy) is 4. The second kappa shape index (κ2) is 33.5. The van der Waals surface area contributed by atoms with Gasteiger partial charge in [-0.3, -0.25) is 9.98 Å². The Morgan fingerprint density at radius 3 is 1.20 bits per heavy atom. The van der Waals surface area contributed by atoms with E-state index >= 15 is 0 Å². The molecule has 0 unspecified atom stereocenters. The zero-order valence-corrected chi connectivity index (χ0v) is 42.6. The third-order valence-corrected chi connectivity index (χ3v) is 12.5. The van der Waals surface area contributed by atoms with Crippen LogP contribution in [0.3, 0.4) is 0 Å². The van der Waals surface area contributed by atoms with Gasteiger partial charge in [-0.25, -0.2) is 9.59 Å². The highest BCUT2D eigenvalue weighted by Gasteiger charge is 2.16. The maximum Gasteiger partial charge on any atom is 0.343 e. The Balaban J connectivity index is 1.07.